The van der Waals surface area contributed by atoms with Crippen LogP contribution in [-0.4, -0.2) is 27.3 Å². The highest BCUT2D eigenvalue weighted by atomic mass is 35.5. The highest BCUT2D eigenvalue weighted by Gasteiger charge is 2.10. The minimum absolute atomic E-state index is 0.174. The maximum atomic E-state index is 12.1. The molecule has 0 spiro atoms. The van der Waals surface area contributed by atoms with Crippen molar-refractivity contribution in [1.82, 2.24) is 14.8 Å². The number of aromatic nitrogens is 3. The third-order valence-electron chi connectivity index (χ3n) is 3.51. The Morgan fingerprint density at radius 1 is 1.22 bits per heavy atom. The monoisotopic (exact) mass is 422 g/mol. The van der Waals surface area contributed by atoms with Gasteiger partial charge >= 0.3 is 0 Å². The molecule has 0 radical (unpaired) electrons. The number of benzene rings is 2. The van der Waals surface area contributed by atoms with E-state index >= 15 is 0 Å². The molecule has 0 saturated carbocycles. The molecule has 2 aromatic carbocycles. The van der Waals surface area contributed by atoms with Gasteiger partial charge in [-0.1, -0.05) is 35.3 Å². The van der Waals surface area contributed by atoms with E-state index in [-0.39, 0.29) is 18.9 Å². The predicted octanol–water partition coefficient (Wildman–Crippen LogP) is 4.68. The highest BCUT2D eigenvalue weighted by Crippen LogP contribution is 2.33. The molecule has 3 aromatic rings. The summed E-state index contributed by atoms with van der Waals surface area (Å²) >= 11 is 13.7. The van der Waals surface area contributed by atoms with Crippen molar-refractivity contribution in [3.05, 3.63) is 58.8 Å². The molecule has 0 saturated heterocycles. The molecule has 0 atom stereocenters. The molecule has 3 rings (SSSR count). The molecule has 1 N–H and O–H groups in total. The second-order valence-corrected chi connectivity index (χ2v) is 7.37. The van der Waals surface area contributed by atoms with Crippen LogP contribution in [-0.2, 0) is 11.8 Å². The van der Waals surface area contributed by atoms with Gasteiger partial charge in [-0.2, -0.15) is 0 Å². The van der Waals surface area contributed by atoms with Crippen molar-refractivity contribution in [3.8, 4) is 5.75 Å². The van der Waals surface area contributed by atoms with Gasteiger partial charge in [-0.15, -0.1) is 10.2 Å². The zero-order valence-electron chi connectivity index (χ0n) is 14.4. The van der Waals surface area contributed by atoms with Crippen LogP contribution in [0, 0.1) is 0 Å². The van der Waals surface area contributed by atoms with Crippen LogP contribution in [0.15, 0.2) is 58.8 Å². The molecule has 0 aliphatic heterocycles. The second kappa shape index (κ2) is 9.12. The Labute approximate surface area is 170 Å². The third kappa shape index (κ3) is 5.38. The summed E-state index contributed by atoms with van der Waals surface area (Å²) in [5, 5.41) is 12.4. The maximum absolute atomic E-state index is 12.1. The number of hydrogen-bond donors (Lipinski definition) is 1. The lowest BCUT2D eigenvalue weighted by atomic mass is 10.3. The summed E-state index contributed by atoms with van der Waals surface area (Å²) in [6, 6.07) is 12.5. The normalized spacial score (nSPS) is 10.6. The van der Waals surface area contributed by atoms with E-state index in [4.69, 9.17) is 27.9 Å². The molecule has 6 nitrogen and oxygen atoms in total. The van der Waals surface area contributed by atoms with E-state index in [9.17, 15) is 4.79 Å². The summed E-state index contributed by atoms with van der Waals surface area (Å²) in [5.74, 6) is 0.381. The molecule has 1 amide bonds. The van der Waals surface area contributed by atoms with E-state index in [1.165, 1.54) is 11.8 Å². The average Bonchev–Trinajstić information content (AvgIpc) is 3.04. The molecule has 0 fully saturated rings. The summed E-state index contributed by atoms with van der Waals surface area (Å²) < 4.78 is 7.32. The summed E-state index contributed by atoms with van der Waals surface area (Å²) in [6.07, 6.45) is 1.81. The van der Waals surface area contributed by atoms with Gasteiger partial charge in [0.1, 0.15) is 12.1 Å². The summed E-state index contributed by atoms with van der Waals surface area (Å²) in [4.78, 5) is 12.9. The first-order valence-electron chi connectivity index (χ1n) is 8.01. The van der Waals surface area contributed by atoms with Crippen LogP contribution in [0.1, 0.15) is 6.42 Å². The molecule has 0 aliphatic carbocycles. The number of nitrogens with zero attached hydrogens (tertiary/aromatic N) is 3. The van der Waals surface area contributed by atoms with Gasteiger partial charge in [0.25, 0.3) is 0 Å². The number of para-hydroxylation sites is 1. The number of rotatable bonds is 7. The van der Waals surface area contributed by atoms with Crippen molar-refractivity contribution < 1.29 is 9.53 Å². The molecule has 9 heteroatoms. The van der Waals surface area contributed by atoms with Gasteiger partial charge in [0.15, 0.2) is 5.16 Å². The number of amides is 1. The number of aryl methyl sites for hydroxylation is 1. The Morgan fingerprint density at radius 2 is 2.04 bits per heavy atom. The largest absolute Gasteiger partial charge is 0.491 e. The van der Waals surface area contributed by atoms with E-state index in [2.05, 4.69) is 15.5 Å². The number of anilines is 1. The maximum Gasteiger partial charge on any atom is 0.227 e. The minimum atomic E-state index is -0.174. The molecule has 0 bridgehead atoms. The van der Waals surface area contributed by atoms with Crippen LogP contribution in [0.5, 0.6) is 5.75 Å². The molecular formula is C18H16Cl2N4O2S. The summed E-state index contributed by atoms with van der Waals surface area (Å²) in [6.45, 7) is 0.226. The lowest BCUT2D eigenvalue weighted by Gasteiger charge is -2.10. The van der Waals surface area contributed by atoms with Gasteiger partial charge in [0.05, 0.1) is 23.1 Å². The lowest BCUT2D eigenvalue weighted by molar-refractivity contribution is -0.116. The molecule has 0 aliphatic rings. The molecular weight excluding hydrogens is 407 g/mol. The molecule has 1 heterocycles. The first kappa shape index (κ1) is 19.5. The van der Waals surface area contributed by atoms with Crippen molar-refractivity contribution in [2.75, 3.05) is 11.9 Å². The molecule has 27 heavy (non-hydrogen) atoms. The Bertz CT molecular complexity index is 949. The van der Waals surface area contributed by atoms with Crippen LogP contribution in [0.4, 0.5) is 5.69 Å². The number of carbonyl (C=O) groups is 1. The smallest absolute Gasteiger partial charge is 0.227 e. The van der Waals surface area contributed by atoms with Crippen LogP contribution in [0.25, 0.3) is 0 Å². The quantitative estimate of drug-likeness (QED) is 0.598. The SMILES string of the molecule is Cn1cnnc1Sc1ccc(NC(=O)CCOc2ccccc2Cl)cc1Cl. The van der Waals surface area contributed by atoms with E-state index in [0.29, 0.717) is 21.5 Å². The van der Waals surface area contributed by atoms with Crippen LogP contribution < -0.4 is 10.1 Å². The fourth-order valence-electron chi connectivity index (χ4n) is 2.16. The number of nitrogens with one attached hydrogen (secondary N) is 1. The predicted molar refractivity (Wildman–Crippen MR) is 107 cm³/mol. The number of ether oxygens (including phenoxy) is 1. The third-order valence-corrected chi connectivity index (χ3v) is 5.38. The van der Waals surface area contributed by atoms with E-state index < -0.39 is 0 Å². The van der Waals surface area contributed by atoms with Gasteiger partial charge in [0.2, 0.25) is 5.91 Å². The number of halogens is 2. The standard InChI is InChI=1S/C18H16Cl2N4O2S/c1-24-11-21-23-18(24)27-16-7-6-12(10-14(16)20)22-17(25)8-9-26-15-5-3-2-4-13(15)19/h2-7,10-11H,8-9H2,1H3,(H,22,25). The van der Waals surface area contributed by atoms with Crippen LogP contribution in [0.3, 0.4) is 0 Å². The van der Waals surface area contributed by atoms with E-state index in [0.717, 1.165) is 10.1 Å². The molecule has 140 valence electrons. The Hall–Kier alpha value is -2.22. The average molecular weight is 423 g/mol. The first-order valence-corrected chi connectivity index (χ1v) is 9.59. The zero-order valence-corrected chi connectivity index (χ0v) is 16.7. The van der Waals surface area contributed by atoms with Gasteiger partial charge < -0.3 is 14.6 Å². The van der Waals surface area contributed by atoms with Gasteiger partial charge in [-0.25, -0.2) is 0 Å². The van der Waals surface area contributed by atoms with Crippen molar-refractivity contribution >= 4 is 46.6 Å². The van der Waals surface area contributed by atoms with E-state index in [1.54, 1.807) is 35.2 Å². The van der Waals surface area contributed by atoms with Gasteiger partial charge in [0, 0.05) is 17.6 Å². The molecule has 0 unspecified atom stereocenters. The Kier molecular flexibility index (Phi) is 6.60. The summed E-state index contributed by atoms with van der Waals surface area (Å²) in [5.41, 5.74) is 0.616. The second-order valence-electron chi connectivity index (χ2n) is 5.55. The van der Waals surface area contributed by atoms with Crippen LogP contribution >= 0.6 is 35.0 Å². The number of carbonyl (C=O) groups excluding carboxylic acids is 1. The van der Waals surface area contributed by atoms with Gasteiger partial charge in [-0.3, -0.25) is 4.79 Å². The van der Waals surface area contributed by atoms with Crippen LogP contribution in [0.2, 0.25) is 10.0 Å². The summed E-state index contributed by atoms with van der Waals surface area (Å²) in [7, 11) is 1.86. The zero-order chi connectivity index (χ0) is 19.2. The van der Waals surface area contributed by atoms with E-state index in [1.807, 2.05) is 25.2 Å². The van der Waals surface area contributed by atoms with Gasteiger partial charge in [-0.05, 0) is 42.1 Å². The fourth-order valence-corrected chi connectivity index (χ4v) is 3.42. The highest BCUT2D eigenvalue weighted by molar-refractivity contribution is 7.99. The van der Waals surface area contributed by atoms with Crippen molar-refractivity contribution in [2.45, 2.75) is 16.5 Å². The first-order chi connectivity index (χ1) is 13.0. The topological polar surface area (TPSA) is 69.0 Å². The Morgan fingerprint density at radius 3 is 2.74 bits per heavy atom. The minimum Gasteiger partial charge on any atom is -0.491 e. The Balaban J connectivity index is 1.53. The number of hydrogen-bond acceptors (Lipinski definition) is 5. The van der Waals surface area contributed by atoms with Crippen molar-refractivity contribution in [3.63, 3.8) is 0 Å². The fraction of sp³-hybridized carbons (Fsp3) is 0.167. The van der Waals surface area contributed by atoms with Crippen molar-refractivity contribution in [1.29, 1.82) is 0 Å². The van der Waals surface area contributed by atoms with Crippen molar-refractivity contribution in [2.24, 2.45) is 7.05 Å². The lowest BCUT2D eigenvalue weighted by Crippen LogP contribution is -2.15. The molecule has 1 aromatic heterocycles.